The summed E-state index contributed by atoms with van der Waals surface area (Å²) in [6.45, 7) is 0. The highest BCUT2D eigenvalue weighted by Crippen LogP contribution is 2.31. The number of rotatable bonds is 3. The molecule has 0 spiro atoms. The number of carbonyl (C=O) groups is 1. The zero-order chi connectivity index (χ0) is 16.3. The van der Waals surface area contributed by atoms with E-state index in [-0.39, 0.29) is 16.7 Å². The van der Waals surface area contributed by atoms with Gasteiger partial charge in [0.1, 0.15) is 5.75 Å². The van der Waals surface area contributed by atoms with Crippen LogP contribution in [0.3, 0.4) is 0 Å². The summed E-state index contributed by atoms with van der Waals surface area (Å²) in [4.78, 5) is 18.7. The summed E-state index contributed by atoms with van der Waals surface area (Å²) in [6, 6.07) is 5.82. The number of hydrogen-bond donors (Lipinski definition) is 1. The van der Waals surface area contributed by atoms with E-state index in [0.29, 0.717) is 11.3 Å². The van der Waals surface area contributed by atoms with Crippen molar-refractivity contribution in [3.63, 3.8) is 0 Å². The molecule has 1 aromatic heterocycles. The van der Waals surface area contributed by atoms with Crippen molar-refractivity contribution in [2.24, 2.45) is 0 Å². The average Bonchev–Trinajstić information content (AvgIpc) is 2.46. The molecule has 0 radical (unpaired) electrons. The van der Waals surface area contributed by atoms with E-state index in [2.05, 4.69) is 9.97 Å². The molecule has 22 heavy (non-hydrogen) atoms. The number of ether oxygens (including phenoxy) is 1. The van der Waals surface area contributed by atoms with Gasteiger partial charge in [0.15, 0.2) is 0 Å². The van der Waals surface area contributed by atoms with Crippen LogP contribution < -0.4 is 10.1 Å². The first-order valence-electron chi connectivity index (χ1n) is 5.86. The molecule has 5 nitrogen and oxygen atoms in total. The number of carbonyl (C=O) groups excluding carboxylic acids is 1. The number of aromatic nitrogens is 2. The number of methoxy groups -OCH3 is 1. The molecule has 116 valence electrons. The molecule has 2 rings (SSSR count). The fourth-order valence-electron chi connectivity index (χ4n) is 1.65. The Kier molecular flexibility index (Phi) is 4.51. The predicted octanol–water partition coefficient (Wildman–Crippen LogP) is 3.31. The summed E-state index contributed by atoms with van der Waals surface area (Å²) in [5, 5.41) is 1.76. The molecule has 0 saturated carbocycles. The lowest BCUT2D eigenvalue weighted by Gasteiger charge is -2.13. The Morgan fingerprint density at radius 2 is 2.05 bits per heavy atom. The van der Waals surface area contributed by atoms with Crippen molar-refractivity contribution in [3.8, 4) is 17.0 Å². The number of hydrogen-bond acceptors (Lipinski definition) is 4. The van der Waals surface area contributed by atoms with Crippen molar-refractivity contribution >= 4 is 23.2 Å². The van der Waals surface area contributed by atoms with E-state index in [1.54, 1.807) is 11.4 Å². The molecule has 0 atom stereocenters. The van der Waals surface area contributed by atoms with E-state index >= 15 is 0 Å². The van der Waals surface area contributed by atoms with Crippen LogP contribution in [0.25, 0.3) is 11.3 Å². The van der Waals surface area contributed by atoms with Gasteiger partial charge in [0, 0.05) is 11.8 Å². The number of nitrogens with zero attached hydrogens (tertiary/aromatic N) is 2. The van der Waals surface area contributed by atoms with Gasteiger partial charge in [-0.15, -0.1) is 0 Å². The van der Waals surface area contributed by atoms with E-state index < -0.39 is 12.1 Å². The third-order valence-corrected chi connectivity index (χ3v) is 2.81. The zero-order valence-electron chi connectivity index (χ0n) is 11.1. The first kappa shape index (κ1) is 16.0. The van der Waals surface area contributed by atoms with E-state index in [0.717, 1.165) is 0 Å². The number of benzene rings is 1. The van der Waals surface area contributed by atoms with Gasteiger partial charge in [-0.1, -0.05) is 0 Å². The number of anilines is 1. The van der Waals surface area contributed by atoms with Crippen molar-refractivity contribution in [1.29, 1.82) is 0 Å². The average molecular weight is 332 g/mol. The minimum Gasteiger partial charge on any atom is -0.495 e. The molecule has 2 aromatic rings. The summed E-state index contributed by atoms with van der Waals surface area (Å²) in [5.74, 6) is -2.01. The fourth-order valence-corrected chi connectivity index (χ4v) is 1.80. The molecule has 0 bridgehead atoms. The van der Waals surface area contributed by atoms with Gasteiger partial charge in [-0.2, -0.15) is 13.2 Å². The maximum absolute atomic E-state index is 12.4. The molecule has 0 unspecified atom stereocenters. The molecule has 9 heteroatoms. The van der Waals surface area contributed by atoms with Crippen molar-refractivity contribution in [2.45, 2.75) is 6.18 Å². The largest absolute Gasteiger partial charge is 0.495 e. The first-order valence-corrected chi connectivity index (χ1v) is 6.24. The molecule has 0 aliphatic rings. The highest BCUT2D eigenvalue weighted by Gasteiger charge is 2.39. The van der Waals surface area contributed by atoms with Gasteiger partial charge in [0.2, 0.25) is 5.28 Å². The SMILES string of the molecule is COc1ccc(-c2ccnc(Cl)n2)cc1NC(=O)C(F)(F)F. The third kappa shape index (κ3) is 3.64. The third-order valence-electron chi connectivity index (χ3n) is 2.63. The standard InChI is InChI=1S/C13H9ClF3N3O2/c1-22-10-3-2-7(8-4-5-18-12(14)20-8)6-9(10)19-11(21)13(15,16)17/h2-6H,1H3,(H,19,21). The fraction of sp³-hybridized carbons (Fsp3) is 0.154. The van der Waals surface area contributed by atoms with Crippen molar-refractivity contribution in [1.82, 2.24) is 9.97 Å². The van der Waals surface area contributed by atoms with E-state index in [4.69, 9.17) is 16.3 Å². The van der Waals surface area contributed by atoms with Crippen LogP contribution >= 0.6 is 11.6 Å². The van der Waals surface area contributed by atoms with Gasteiger partial charge in [-0.05, 0) is 35.9 Å². The maximum atomic E-state index is 12.4. The molecule has 1 N–H and O–H groups in total. The van der Waals surface area contributed by atoms with Crippen molar-refractivity contribution in [3.05, 3.63) is 35.7 Å². The van der Waals surface area contributed by atoms with Gasteiger partial charge in [-0.25, -0.2) is 9.97 Å². The van der Waals surface area contributed by atoms with Gasteiger partial charge < -0.3 is 10.1 Å². The van der Waals surface area contributed by atoms with Crippen LogP contribution in [-0.4, -0.2) is 29.2 Å². The second kappa shape index (κ2) is 6.18. The number of alkyl halides is 3. The Morgan fingerprint density at radius 3 is 2.64 bits per heavy atom. The van der Waals surface area contributed by atoms with E-state index in [1.807, 2.05) is 0 Å². The quantitative estimate of drug-likeness (QED) is 0.876. The molecular weight excluding hydrogens is 323 g/mol. The summed E-state index contributed by atoms with van der Waals surface area (Å²) < 4.78 is 42.0. The molecular formula is C13H9ClF3N3O2. The Labute approximate surface area is 128 Å². The monoisotopic (exact) mass is 331 g/mol. The maximum Gasteiger partial charge on any atom is 0.471 e. The Morgan fingerprint density at radius 1 is 1.32 bits per heavy atom. The van der Waals surface area contributed by atoms with Crippen LogP contribution in [0.2, 0.25) is 5.28 Å². The lowest BCUT2D eigenvalue weighted by Crippen LogP contribution is -2.30. The molecule has 0 aliphatic heterocycles. The van der Waals surface area contributed by atoms with Crippen molar-refractivity contribution < 1.29 is 22.7 Å². The van der Waals surface area contributed by atoms with Crippen LogP contribution in [0.1, 0.15) is 0 Å². The minimum absolute atomic E-state index is 0.00537. The van der Waals surface area contributed by atoms with Gasteiger partial charge in [0.25, 0.3) is 0 Å². The Balaban J connectivity index is 2.40. The smallest absolute Gasteiger partial charge is 0.471 e. The number of halogens is 4. The topological polar surface area (TPSA) is 64.1 Å². The second-order valence-electron chi connectivity index (χ2n) is 4.08. The lowest BCUT2D eigenvalue weighted by molar-refractivity contribution is -0.167. The molecule has 0 aliphatic carbocycles. The summed E-state index contributed by atoms with van der Waals surface area (Å²) in [6.07, 6.45) is -3.60. The van der Waals surface area contributed by atoms with Crippen LogP contribution in [0.4, 0.5) is 18.9 Å². The van der Waals surface area contributed by atoms with Crippen LogP contribution in [0, 0.1) is 0 Å². The Hall–Kier alpha value is -2.35. The molecule has 0 saturated heterocycles. The summed E-state index contributed by atoms with van der Waals surface area (Å²) in [7, 11) is 1.28. The number of nitrogens with one attached hydrogen (secondary N) is 1. The minimum atomic E-state index is -5.00. The molecule has 1 aromatic carbocycles. The normalized spacial score (nSPS) is 11.1. The van der Waals surface area contributed by atoms with Gasteiger partial charge in [0.05, 0.1) is 18.5 Å². The summed E-state index contributed by atoms with van der Waals surface area (Å²) >= 11 is 5.67. The van der Waals surface area contributed by atoms with E-state index in [9.17, 15) is 18.0 Å². The zero-order valence-corrected chi connectivity index (χ0v) is 11.9. The Bertz CT molecular complexity index is 707. The molecule has 1 heterocycles. The van der Waals surface area contributed by atoms with Crippen LogP contribution in [0.5, 0.6) is 5.75 Å². The predicted molar refractivity (Wildman–Crippen MR) is 73.7 cm³/mol. The van der Waals surface area contributed by atoms with Crippen LogP contribution in [-0.2, 0) is 4.79 Å². The molecule has 1 amide bonds. The summed E-state index contributed by atoms with van der Waals surface area (Å²) in [5.41, 5.74) is 0.713. The van der Waals surface area contributed by atoms with Gasteiger partial charge in [-0.3, -0.25) is 4.79 Å². The highest BCUT2D eigenvalue weighted by molar-refractivity contribution is 6.28. The first-order chi connectivity index (χ1) is 10.3. The van der Waals surface area contributed by atoms with Gasteiger partial charge >= 0.3 is 12.1 Å². The van der Waals surface area contributed by atoms with E-state index in [1.165, 1.54) is 31.5 Å². The molecule has 0 fully saturated rings. The van der Waals surface area contributed by atoms with Crippen molar-refractivity contribution in [2.75, 3.05) is 12.4 Å². The second-order valence-corrected chi connectivity index (χ2v) is 4.42. The highest BCUT2D eigenvalue weighted by atomic mass is 35.5. The van der Waals surface area contributed by atoms with Crippen LogP contribution in [0.15, 0.2) is 30.5 Å². The lowest BCUT2D eigenvalue weighted by atomic mass is 10.1. The number of amides is 1.